The molecule has 0 spiro atoms. The number of para-hydroxylation sites is 2. The fraction of sp³-hybridized carbons (Fsp3) is 0.200. The third-order valence-corrected chi connectivity index (χ3v) is 2.08. The highest BCUT2D eigenvalue weighted by Crippen LogP contribution is 2.17. The van der Waals surface area contributed by atoms with Gasteiger partial charge in [-0.25, -0.2) is 10.4 Å². The zero-order valence-electron chi connectivity index (χ0n) is 8.23. The van der Waals surface area contributed by atoms with E-state index < -0.39 is 0 Å². The Balaban J connectivity index is 2.51. The molecule has 14 heavy (non-hydrogen) atoms. The van der Waals surface area contributed by atoms with Crippen molar-refractivity contribution in [2.75, 3.05) is 5.43 Å². The van der Waals surface area contributed by atoms with Crippen LogP contribution in [-0.2, 0) is 7.05 Å². The molecule has 0 atom stereocenters. The third-order valence-electron chi connectivity index (χ3n) is 2.08. The van der Waals surface area contributed by atoms with Crippen LogP contribution in [0.2, 0.25) is 0 Å². The topological polar surface area (TPSA) is 42.2 Å². The van der Waals surface area contributed by atoms with Crippen molar-refractivity contribution in [2.45, 2.75) is 6.92 Å². The second-order valence-corrected chi connectivity index (χ2v) is 2.98. The monoisotopic (exact) mass is 188 g/mol. The molecule has 0 fully saturated rings. The lowest BCUT2D eigenvalue weighted by Gasteiger charge is -1.99. The Morgan fingerprint density at radius 3 is 2.93 bits per heavy atom. The van der Waals surface area contributed by atoms with Crippen molar-refractivity contribution in [1.82, 2.24) is 9.55 Å². The quantitative estimate of drug-likeness (QED) is 0.578. The molecule has 0 aliphatic rings. The normalized spacial score (nSPS) is 11.3. The van der Waals surface area contributed by atoms with Crippen molar-refractivity contribution in [3.05, 3.63) is 24.3 Å². The summed E-state index contributed by atoms with van der Waals surface area (Å²) in [6.45, 7) is 1.86. The zero-order chi connectivity index (χ0) is 9.97. The van der Waals surface area contributed by atoms with Gasteiger partial charge in [0.15, 0.2) is 0 Å². The number of nitrogens with zero attached hydrogens (tertiary/aromatic N) is 3. The summed E-state index contributed by atoms with van der Waals surface area (Å²) < 4.78 is 1.97. The lowest BCUT2D eigenvalue weighted by Crippen LogP contribution is -1.97. The van der Waals surface area contributed by atoms with E-state index in [4.69, 9.17) is 0 Å². The van der Waals surface area contributed by atoms with E-state index in [1.807, 2.05) is 42.8 Å². The summed E-state index contributed by atoms with van der Waals surface area (Å²) in [5, 5.41) is 3.94. The van der Waals surface area contributed by atoms with Gasteiger partial charge in [-0.3, -0.25) is 0 Å². The smallest absolute Gasteiger partial charge is 0.224 e. The molecule has 2 rings (SSSR count). The Morgan fingerprint density at radius 2 is 2.21 bits per heavy atom. The number of aryl methyl sites for hydroxylation is 1. The maximum atomic E-state index is 4.39. The minimum Gasteiger partial charge on any atom is -0.312 e. The molecule has 4 heteroatoms. The molecule has 0 saturated carbocycles. The standard InChI is InChI=1S/C10H12N4/c1-3-11-13-10-12-8-6-4-5-7-9(8)14(10)2/h3-7H,1-2H3,(H,12,13). The van der Waals surface area contributed by atoms with Gasteiger partial charge in [-0.1, -0.05) is 12.1 Å². The van der Waals surface area contributed by atoms with Crippen molar-refractivity contribution < 1.29 is 0 Å². The highest BCUT2D eigenvalue weighted by atomic mass is 15.4. The van der Waals surface area contributed by atoms with Gasteiger partial charge in [0.1, 0.15) is 0 Å². The van der Waals surface area contributed by atoms with Crippen molar-refractivity contribution >= 4 is 23.2 Å². The van der Waals surface area contributed by atoms with Crippen LogP contribution >= 0.6 is 0 Å². The largest absolute Gasteiger partial charge is 0.312 e. The van der Waals surface area contributed by atoms with Crippen molar-refractivity contribution in [3.8, 4) is 0 Å². The molecule has 1 N–H and O–H groups in total. The van der Waals surface area contributed by atoms with Crippen LogP contribution in [0.3, 0.4) is 0 Å². The first-order chi connectivity index (χ1) is 6.83. The number of hydrogen-bond acceptors (Lipinski definition) is 3. The van der Waals surface area contributed by atoms with Gasteiger partial charge in [-0.15, -0.1) is 0 Å². The molecule has 0 bridgehead atoms. The van der Waals surface area contributed by atoms with E-state index in [1.54, 1.807) is 6.21 Å². The van der Waals surface area contributed by atoms with Crippen LogP contribution in [0.1, 0.15) is 6.92 Å². The van der Waals surface area contributed by atoms with Gasteiger partial charge in [-0.05, 0) is 19.1 Å². The average molecular weight is 188 g/mol. The average Bonchev–Trinajstić information content (AvgIpc) is 2.54. The summed E-state index contributed by atoms with van der Waals surface area (Å²) in [5.74, 6) is 0.754. The van der Waals surface area contributed by atoms with E-state index >= 15 is 0 Å². The summed E-state index contributed by atoms with van der Waals surface area (Å²) in [4.78, 5) is 4.39. The highest BCUT2D eigenvalue weighted by molar-refractivity contribution is 5.78. The Labute approximate surface area is 82.3 Å². The number of fused-ring (bicyclic) bond motifs is 1. The van der Waals surface area contributed by atoms with Crippen LogP contribution in [-0.4, -0.2) is 15.8 Å². The number of hydrogen-bond donors (Lipinski definition) is 1. The maximum Gasteiger partial charge on any atom is 0.224 e. The van der Waals surface area contributed by atoms with E-state index in [-0.39, 0.29) is 0 Å². The van der Waals surface area contributed by atoms with Crippen LogP contribution in [0.15, 0.2) is 29.4 Å². The number of imidazole rings is 1. The Hall–Kier alpha value is -1.84. The van der Waals surface area contributed by atoms with Crippen LogP contribution in [0.25, 0.3) is 11.0 Å². The van der Waals surface area contributed by atoms with Crippen molar-refractivity contribution in [1.29, 1.82) is 0 Å². The second-order valence-electron chi connectivity index (χ2n) is 2.98. The van der Waals surface area contributed by atoms with Gasteiger partial charge in [0.05, 0.1) is 11.0 Å². The van der Waals surface area contributed by atoms with E-state index in [1.165, 1.54) is 0 Å². The molecule has 0 aliphatic heterocycles. The molecule has 0 amide bonds. The van der Waals surface area contributed by atoms with Gasteiger partial charge < -0.3 is 4.57 Å². The number of nitrogens with one attached hydrogen (secondary N) is 1. The molecular weight excluding hydrogens is 176 g/mol. The predicted molar refractivity (Wildman–Crippen MR) is 58.5 cm³/mol. The molecule has 1 aromatic heterocycles. The number of rotatable bonds is 2. The van der Waals surface area contributed by atoms with Gasteiger partial charge in [0.25, 0.3) is 0 Å². The second kappa shape index (κ2) is 3.49. The molecule has 1 heterocycles. The fourth-order valence-corrected chi connectivity index (χ4v) is 1.37. The summed E-state index contributed by atoms with van der Waals surface area (Å²) in [5.41, 5.74) is 4.95. The zero-order valence-corrected chi connectivity index (χ0v) is 8.23. The molecule has 0 aliphatic carbocycles. The number of aromatic nitrogens is 2. The molecule has 0 saturated heterocycles. The molecule has 72 valence electrons. The predicted octanol–water partition coefficient (Wildman–Crippen LogP) is 1.99. The summed E-state index contributed by atoms with van der Waals surface area (Å²) in [7, 11) is 1.96. The van der Waals surface area contributed by atoms with Gasteiger partial charge in [0.2, 0.25) is 5.95 Å². The van der Waals surface area contributed by atoms with Crippen LogP contribution in [0.5, 0.6) is 0 Å². The van der Waals surface area contributed by atoms with Crippen LogP contribution in [0, 0.1) is 0 Å². The minimum atomic E-state index is 0.754. The van der Waals surface area contributed by atoms with E-state index in [0.29, 0.717) is 0 Å². The summed E-state index contributed by atoms with van der Waals surface area (Å²) in [6, 6.07) is 7.98. The van der Waals surface area contributed by atoms with E-state index in [9.17, 15) is 0 Å². The lowest BCUT2D eigenvalue weighted by atomic mass is 10.3. The molecule has 0 radical (unpaired) electrons. The van der Waals surface area contributed by atoms with E-state index in [0.717, 1.165) is 17.0 Å². The molecule has 0 unspecified atom stereocenters. The molecule has 4 nitrogen and oxygen atoms in total. The Kier molecular flexibility index (Phi) is 2.18. The SMILES string of the molecule is CC=NNc1nc2ccccc2n1C. The first-order valence-electron chi connectivity index (χ1n) is 4.48. The first-order valence-corrected chi connectivity index (χ1v) is 4.48. The molecular formula is C10H12N4. The van der Waals surface area contributed by atoms with Gasteiger partial charge in [0, 0.05) is 13.3 Å². The molecule has 1 aromatic carbocycles. The third kappa shape index (κ3) is 1.35. The van der Waals surface area contributed by atoms with Crippen molar-refractivity contribution in [2.24, 2.45) is 12.1 Å². The Bertz CT molecular complexity index is 470. The highest BCUT2D eigenvalue weighted by Gasteiger charge is 2.04. The number of benzene rings is 1. The fourth-order valence-electron chi connectivity index (χ4n) is 1.37. The number of anilines is 1. The van der Waals surface area contributed by atoms with Crippen LogP contribution in [0.4, 0.5) is 5.95 Å². The van der Waals surface area contributed by atoms with Crippen molar-refractivity contribution in [3.63, 3.8) is 0 Å². The summed E-state index contributed by atoms with van der Waals surface area (Å²) in [6.07, 6.45) is 1.69. The first kappa shape index (κ1) is 8.74. The minimum absolute atomic E-state index is 0.754. The summed E-state index contributed by atoms with van der Waals surface area (Å²) >= 11 is 0. The Morgan fingerprint density at radius 1 is 1.43 bits per heavy atom. The van der Waals surface area contributed by atoms with E-state index in [2.05, 4.69) is 15.5 Å². The van der Waals surface area contributed by atoms with Crippen LogP contribution < -0.4 is 5.43 Å². The maximum absolute atomic E-state index is 4.39. The lowest BCUT2D eigenvalue weighted by molar-refractivity contribution is 0.943. The number of hydrazone groups is 1. The van der Waals surface area contributed by atoms with Gasteiger partial charge >= 0.3 is 0 Å². The van der Waals surface area contributed by atoms with Gasteiger partial charge in [-0.2, -0.15) is 5.10 Å². The molecule has 2 aromatic rings.